The minimum absolute atomic E-state index is 0.0409. The van der Waals surface area contributed by atoms with Gasteiger partial charge in [0, 0.05) is 5.56 Å². The van der Waals surface area contributed by atoms with Crippen LogP contribution in [0.5, 0.6) is 0 Å². The van der Waals surface area contributed by atoms with E-state index < -0.39 is 5.56 Å². The van der Waals surface area contributed by atoms with Gasteiger partial charge in [-0.05, 0) is 26.3 Å². The first-order chi connectivity index (χ1) is 9.93. The van der Waals surface area contributed by atoms with E-state index in [1.165, 1.54) is 0 Å². The molecule has 0 amide bonds. The fourth-order valence-electron chi connectivity index (χ4n) is 1.98. The molecule has 1 heterocycles. The molecule has 2 aromatic rings. The molecule has 1 aromatic carbocycles. The quantitative estimate of drug-likeness (QED) is 0.805. The van der Waals surface area contributed by atoms with E-state index in [0.29, 0.717) is 16.8 Å². The zero-order valence-corrected chi connectivity index (χ0v) is 12.2. The highest BCUT2D eigenvalue weighted by Crippen LogP contribution is 2.07. The molecule has 0 unspecified atom stereocenters. The molecule has 0 saturated heterocycles. The Kier molecular flexibility index (Phi) is 3.99. The van der Waals surface area contributed by atoms with Gasteiger partial charge >= 0.3 is 0 Å². The van der Waals surface area contributed by atoms with Gasteiger partial charge in [-0.1, -0.05) is 29.8 Å². The Balaban J connectivity index is 2.39. The standard InChI is InChI=1S/C16H15N3O2/c1-10-4-6-13(7-5-10)15(20)9-19-16(21)14(8-17)11(2)12(3)18-19/h4-7H,9H2,1-3H3. The van der Waals surface area contributed by atoms with E-state index in [0.717, 1.165) is 10.2 Å². The normalized spacial score (nSPS) is 10.2. The van der Waals surface area contributed by atoms with E-state index in [1.54, 1.807) is 26.0 Å². The van der Waals surface area contributed by atoms with Gasteiger partial charge < -0.3 is 0 Å². The summed E-state index contributed by atoms with van der Waals surface area (Å²) >= 11 is 0. The molecule has 0 bridgehead atoms. The van der Waals surface area contributed by atoms with E-state index in [9.17, 15) is 9.59 Å². The van der Waals surface area contributed by atoms with Crippen LogP contribution in [0, 0.1) is 32.1 Å². The van der Waals surface area contributed by atoms with Gasteiger partial charge in [0.05, 0.1) is 5.69 Å². The fourth-order valence-corrected chi connectivity index (χ4v) is 1.98. The van der Waals surface area contributed by atoms with Crippen molar-refractivity contribution in [3.8, 4) is 6.07 Å². The lowest BCUT2D eigenvalue weighted by Crippen LogP contribution is -2.30. The first-order valence-electron chi connectivity index (χ1n) is 6.52. The van der Waals surface area contributed by atoms with Crippen molar-refractivity contribution in [1.29, 1.82) is 5.26 Å². The number of ketones is 1. The zero-order valence-electron chi connectivity index (χ0n) is 12.2. The summed E-state index contributed by atoms with van der Waals surface area (Å²) in [6.45, 7) is 5.15. The van der Waals surface area contributed by atoms with Crippen LogP contribution in [0.2, 0.25) is 0 Å². The topological polar surface area (TPSA) is 75.8 Å². The van der Waals surface area contributed by atoms with Gasteiger partial charge in [-0.3, -0.25) is 9.59 Å². The Bertz CT molecular complexity index is 796. The number of aromatic nitrogens is 2. The average molecular weight is 281 g/mol. The second kappa shape index (κ2) is 5.71. The molecule has 0 spiro atoms. The van der Waals surface area contributed by atoms with Crippen molar-refractivity contribution in [3.63, 3.8) is 0 Å². The van der Waals surface area contributed by atoms with Crippen molar-refractivity contribution in [3.05, 3.63) is 62.6 Å². The highest BCUT2D eigenvalue weighted by molar-refractivity contribution is 5.95. The molecule has 0 saturated carbocycles. The second-order valence-corrected chi connectivity index (χ2v) is 4.95. The summed E-state index contributed by atoms with van der Waals surface area (Å²) < 4.78 is 1.06. The summed E-state index contributed by atoms with van der Waals surface area (Å²) in [5.74, 6) is -0.211. The number of aryl methyl sites for hydroxylation is 2. The van der Waals surface area contributed by atoms with Crippen LogP contribution in [0.1, 0.15) is 32.7 Å². The van der Waals surface area contributed by atoms with Gasteiger partial charge in [-0.25, -0.2) is 4.68 Å². The highest BCUT2D eigenvalue weighted by Gasteiger charge is 2.14. The lowest BCUT2D eigenvalue weighted by atomic mass is 10.1. The van der Waals surface area contributed by atoms with Crippen LogP contribution in [0.15, 0.2) is 29.1 Å². The zero-order chi connectivity index (χ0) is 15.6. The van der Waals surface area contributed by atoms with Crippen molar-refractivity contribution >= 4 is 5.78 Å². The van der Waals surface area contributed by atoms with Crippen molar-refractivity contribution in [2.24, 2.45) is 0 Å². The van der Waals surface area contributed by atoms with Crippen LogP contribution in [0.3, 0.4) is 0 Å². The molecule has 21 heavy (non-hydrogen) atoms. The average Bonchev–Trinajstić information content (AvgIpc) is 2.46. The molecule has 2 rings (SSSR count). The van der Waals surface area contributed by atoms with Crippen molar-refractivity contribution in [1.82, 2.24) is 9.78 Å². The van der Waals surface area contributed by atoms with Crippen LogP contribution >= 0.6 is 0 Å². The fraction of sp³-hybridized carbons (Fsp3) is 0.250. The van der Waals surface area contributed by atoms with Gasteiger partial charge in [0.25, 0.3) is 5.56 Å². The first kappa shape index (κ1) is 14.7. The van der Waals surface area contributed by atoms with E-state index in [2.05, 4.69) is 5.10 Å². The van der Waals surface area contributed by atoms with Gasteiger partial charge in [0.1, 0.15) is 18.2 Å². The number of carbonyl (C=O) groups is 1. The van der Waals surface area contributed by atoms with Gasteiger partial charge in [-0.15, -0.1) is 0 Å². The van der Waals surface area contributed by atoms with Crippen LogP contribution in [-0.2, 0) is 6.54 Å². The molecular formula is C16H15N3O2. The number of Topliss-reactive ketones (excluding diaryl/α,β-unsaturated/α-hetero) is 1. The molecule has 5 heteroatoms. The third-order valence-corrected chi connectivity index (χ3v) is 3.42. The molecule has 0 aliphatic heterocycles. The molecule has 0 N–H and O–H groups in total. The maximum absolute atomic E-state index is 12.2. The molecule has 106 valence electrons. The Morgan fingerprint density at radius 1 is 1.24 bits per heavy atom. The van der Waals surface area contributed by atoms with Crippen LogP contribution in [-0.4, -0.2) is 15.6 Å². The Labute approximate surface area is 122 Å². The number of carbonyl (C=O) groups excluding carboxylic acids is 1. The van der Waals surface area contributed by atoms with Gasteiger partial charge in [0.2, 0.25) is 0 Å². The minimum Gasteiger partial charge on any atom is -0.292 e. The van der Waals surface area contributed by atoms with Crippen molar-refractivity contribution in [2.75, 3.05) is 0 Å². The summed E-state index contributed by atoms with van der Waals surface area (Å²) in [7, 11) is 0. The van der Waals surface area contributed by atoms with E-state index in [4.69, 9.17) is 5.26 Å². The van der Waals surface area contributed by atoms with Crippen LogP contribution in [0.4, 0.5) is 0 Å². The monoisotopic (exact) mass is 281 g/mol. The lowest BCUT2D eigenvalue weighted by molar-refractivity contribution is 0.0965. The maximum Gasteiger partial charge on any atom is 0.285 e. The number of nitrogens with zero attached hydrogens (tertiary/aromatic N) is 3. The number of nitriles is 1. The van der Waals surface area contributed by atoms with Crippen molar-refractivity contribution < 1.29 is 4.79 Å². The van der Waals surface area contributed by atoms with E-state index >= 15 is 0 Å². The smallest absolute Gasteiger partial charge is 0.285 e. The number of hydrogen-bond acceptors (Lipinski definition) is 4. The molecule has 5 nitrogen and oxygen atoms in total. The van der Waals surface area contributed by atoms with E-state index in [-0.39, 0.29) is 17.9 Å². The SMILES string of the molecule is Cc1ccc(C(=O)Cn2nc(C)c(C)c(C#N)c2=O)cc1. The van der Waals surface area contributed by atoms with Crippen LogP contribution in [0.25, 0.3) is 0 Å². The lowest BCUT2D eigenvalue weighted by Gasteiger charge is -2.08. The highest BCUT2D eigenvalue weighted by atomic mass is 16.1. The summed E-state index contributed by atoms with van der Waals surface area (Å²) in [6.07, 6.45) is 0. The first-order valence-corrected chi connectivity index (χ1v) is 6.52. The van der Waals surface area contributed by atoms with Crippen LogP contribution < -0.4 is 5.56 Å². The molecule has 0 aliphatic rings. The molecule has 0 atom stereocenters. The van der Waals surface area contributed by atoms with Gasteiger partial charge in [0.15, 0.2) is 5.78 Å². The second-order valence-electron chi connectivity index (χ2n) is 4.95. The van der Waals surface area contributed by atoms with E-state index in [1.807, 2.05) is 25.1 Å². The number of hydrogen-bond donors (Lipinski definition) is 0. The largest absolute Gasteiger partial charge is 0.292 e. The predicted molar refractivity (Wildman–Crippen MR) is 78.2 cm³/mol. The molecule has 0 radical (unpaired) electrons. The molecule has 0 fully saturated rings. The summed E-state index contributed by atoms with van der Waals surface area (Å²) in [6, 6.07) is 8.99. The number of rotatable bonds is 3. The third-order valence-electron chi connectivity index (χ3n) is 3.42. The summed E-state index contributed by atoms with van der Waals surface area (Å²) in [4.78, 5) is 24.3. The Morgan fingerprint density at radius 2 is 1.86 bits per heavy atom. The van der Waals surface area contributed by atoms with Crippen molar-refractivity contribution in [2.45, 2.75) is 27.3 Å². The Morgan fingerprint density at radius 3 is 2.43 bits per heavy atom. The molecule has 1 aromatic heterocycles. The maximum atomic E-state index is 12.2. The predicted octanol–water partition coefficient (Wildman–Crippen LogP) is 1.92. The summed E-state index contributed by atoms with van der Waals surface area (Å²) in [5, 5.41) is 13.1. The van der Waals surface area contributed by atoms with Gasteiger partial charge in [-0.2, -0.15) is 10.4 Å². The molecular weight excluding hydrogens is 266 g/mol. The Hall–Kier alpha value is -2.74. The third kappa shape index (κ3) is 2.90. The number of benzene rings is 1. The molecule has 0 aliphatic carbocycles. The summed E-state index contributed by atoms with van der Waals surface area (Å²) in [5.41, 5.74) is 2.22. The minimum atomic E-state index is -0.527.